The van der Waals surface area contributed by atoms with Crippen LogP contribution in [0.15, 0.2) is 30.3 Å². The molecule has 7 nitrogen and oxygen atoms in total. The first-order valence-electron chi connectivity index (χ1n) is 14.0. The molecule has 1 saturated heterocycles. The minimum atomic E-state index is -0.779. The second-order valence-electron chi connectivity index (χ2n) is 12.3. The van der Waals surface area contributed by atoms with Crippen LogP contribution in [0.1, 0.15) is 76.2 Å². The van der Waals surface area contributed by atoms with Crippen LogP contribution in [0.4, 0.5) is 4.79 Å². The molecule has 3 aliphatic carbocycles. The van der Waals surface area contributed by atoms with Gasteiger partial charge in [-0.05, 0) is 76.9 Å². The number of aliphatic hydroxyl groups is 1. The highest BCUT2D eigenvalue weighted by atomic mass is 16.3. The van der Waals surface area contributed by atoms with E-state index in [-0.39, 0.29) is 36.1 Å². The maximum atomic E-state index is 13.7. The molecule has 3 saturated carbocycles. The van der Waals surface area contributed by atoms with Gasteiger partial charge in [0, 0.05) is 25.2 Å². The molecule has 0 atom stereocenters. The normalized spacial score (nSPS) is 30.3. The molecule has 198 valence electrons. The van der Waals surface area contributed by atoms with E-state index in [1.54, 1.807) is 4.90 Å². The first kappa shape index (κ1) is 25.5. The molecular formula is C29H44N4O3. The van der Waals surface area contributed by atoms with Crippen LogP contribution < -0.4 is 5.32 Å². The van der Waals surface area contributed by atoms with Crippen LogP contribution in [0, 0.1) is 5.92 Å². The third-order valence-electron chi connectivity index (χ3n) is 9.88. The lowest BCUT2D eigenvalue weighted by Gasteiger charge is -2.51. The van der Waals surface area contributed by atoms with Gasteiger partial charge >= 0.3 is 6.03 Å². The van der Waals surface area contributed by atoms with Gasteiger partial charge in [-0.25, -0.2) is 4.79 Å². The van der Waals surface area contributed by atoms with E-state index in [9.17, 15) is 14.7 Å². The minimum absolute atomic E-state index is 0.0219. The average molecular weight is 497 g/mol. The molecule has 5 rings (SSSR count). The summed E-state index contributed by atoms with van der Waals surface area (Å²) in [5, 5.41) is 13.5. The number of rotatable bonds is 8. The molecule has 0 radical (unpaired) electrons. The summed E-state index contributed by atoms with van der Waals surface area (Å²) < 4.78 is 0. The number of carbonyl (C=O) groups is 2. The van der Waals surface area contributed by atoms with Crippen molar-refractivity contribution in [3.63, 3.8) is 0 Å². The summed E-state index contributed by atoms with van der Waals surface area (Å²) in [5.74, 6) is 0.429. The van der Waals surface area contributed by atoms with Crippen LogP contribution >= 0.6 is 0 Å². The molecule has 1 aliphatic heterocycles. The third-order valence-corrected chi connectivity index (χ3v) is 9.88. The van der Waals surface area contributed by atoms with Crippen molar-refractivity contribution < 1.29 is 14.7 Å². The van der Waals surface area contributed by atoms with Gasteiger partial charge in [0.15, 0.2) is 0 Å². The number of hydrogen-bond donors (Lipinski definition) is 2. The topological polar surface area (TPSA) is 76.1 Å². The lowest BCUT2D eigenvalue weighted by Crippen LogP contribution is -2.56. The van der Waals surface area contributed by atoms with Crippen molar-refractivity contribution >= 4 is 11.9 Å². The maximum absolute atomic E-state index is 13.7. The van der Waals surface area contributed by atoms with E-state index in [1.165, 1.54) is 24.8 Å². The molecule has 0 unspecified atom stereocenters. The predicted molar refractivity (Wildman–Crippen MR) is 140 cm³/mol. The Morgan fingerprint density at radius 3 is 2.28 bits per heavy atom. The molecule has 0 aromatic heterocycles. The SMILES string of the molecule is CN(C)[C@]1(c2ccccc2)CC[C@]2(CC1)CN(CC(=O)NCC1(O)CCCC1)C(=O)N2CC1CCC1. The molecule has 4 fully saturated rings. The first-order chi connectivity index (χ1) is 17.3. The molecular weight excluding hydrogens is 452 g/mol. The second kappa shape index (κ2) is 9.97. The zero-order valence-electron chi connectivity index (χ0n) is 22.2. The van der Waals surface area contributed by atoms with Crippen LogP contribution in [0.3, 0.4) is 0 Å². The number of nitrogens with one attached hydrogen (secondary N) is 1. The van der Waals surface area contributed by atoms with E-state index in [0.717, 1.165) is 57.9 Å². The van der Waals surface area contributed by atoms with Crippen molar-refractivity contribution in [3.8, 4) is 0 Å². The smallest absolute Gasteiger partial charge is 0.321 e. The summed E-state index contributed by atoms with van der Waals surface area (Å²) in [5.41, 5.74) is 0.337. The molecule has 4 aliphatic rings. The number of amides is 3. The summed E-state index contributed by atoms with van der Waals surface area (Å²) >= 11 is 0. The van der Waals surface area contributed by atoms with Gasteiger partial charge in [-0.3, -0.25) is 9.69 Å². The van der Waals surface area contributed by atoms with Crippen molar-refractivity contribution in [2.75, 3.05) is 40.3 Å². The Hall–Kier alpha value is -2.12. The van der Waals surface area contributed by atoms with Crippen LogP contribution in [0.2, 0.25) is 0 Å². The van der Waals surface area contributed by atoms with E-state index < -0.39 is 5.60 Å². The number of benzene rings is 1. The zero-order valence-corrected chi connectivity index (χ0v) is 22.2. The third kappa shape index (κ3) is 4.76. The summed E-state index contributed by atoms with van der Waals surface area (Å²) in [6.45, 7) is 1.80. The van der Waals surface area contributed by atoms with Crippen LogP contribution in [-0.4, -0.2) is 83.2 Å². The van der Waals surface area contributed by atoms with Crippen molar-refractivity contribution in [1.29, 1.82) is 0 Å². The van der Waals surface area contributed by atoms with Gasteiger partial charge in [0.05, 0.1) is 11.1 Å². The highest BCUT2D eigenvalue weighted by Gasteiger charge is 2.55. The van der Waals surface area contributed by atoms with Crippen LogP contribution in [-0.2, 0) is 10.3 Å². The Balaban J connectivity index is 1.30. The molecule has 1 heterocycles. The highest BCUT2D eigenvalue weighted by molar-refractivity contribution is 5.86. The molecule has 7 heteroatoms. The predicted octanol–water partition coefficient (Wildman–Crippen LogP) is 3.72. The zero-order chi connectivity index (χ0) is 25.4. The Morgan fingerprint density at radius 1 is 1.03 bits per heavy atom. The molecule has 36 heavy (non-hydrogen) atoms. The lowest BCUT2D eigenvalue weighted by molar-refractivity contribution is -0.122. The summed E-state index contributed by atoms with van der Waals surface area (Å²) in [6, 6.07) is 10.8. The molecule has 1 spiro atoms. The lowest BCUT2D eigenvalue weighted by atomic mass is 9.68. The monoisotopic (exact) mass is 496 g/mol. The minimum Gasteiger partial charge on any atom is -0.388 e. The second-order valence-corrected chi connectivity index (χ2v) is 12.3. The molecule has 3 amide bonds. The average Bonchev–Trinajstić information content (AvgIpc) is 3.38. The summed E-state index contributed by atoms with van der Waals surface area (Å²) in [4.78, 5) is 32.8. The van der Waals surface area contributed by atoms with E-state index in [2.05, 4.69) is 59.5 Å². The number of carbonyl (C=O) groups excluding carboxylic acids is 2. The largest absolute Gasteiger partial charge is 0.388 e. The van der Waals surface area contributed by atoms with E-state index >= 15 is 0 Å². The summed E-state index contributed by atoms with van der Waals surface area (Å²) in [7, 11) is 4.34. The number of hydrogen-bond acceptors (Lipinski definition) is 4. The fraction of sp³-hybridized carbons (Fsp3) is 0.724. The summed E-state index contributed by atoms with van der Waals surface area (Å²) in [6.07, 6.45) is 11.0. The first-order valence-corrected chi connectivity index (χ1v) is 14.0. The molecule has 2 N–H and O–H groups in total. The molecule has 1 aromatic carbocycles. The standard InChI is InChI=1S/C29H44N4O3/c1-31(2)29(24-11-4-3-5-12-24)17-15-27(16-18-29)22-32(26(35)33(27)19-23-9-8-10-23)20-25(34)30-21-28(36)13-6-7-14-28/h3-5,11-12,23,36H,6-10,13-22H2,1-2H3,(H,30,34)/t27-,29+. The molecule has 1 aromatic rings. The molecule has 0 bridgehead atoms. The van der Waals surface area contributed by atoms with Gasteiger partial charge in [0.25, 0.3) is 0 Å². The Morgan fingerprint density at radius 2 is 1.69 bits per heavy atom. The quantitative estimate of drug-likeness (QED) is 0.575. The Bertz CT molecular complexity index is 931. The Kier molecular flexibility index (Phi) is 7.07. The van der Waals surface area contributed by atoms with Crippen molar-refractivity contribution in [3.05, 3.63) is 35.9 Å². The van der Waals surface area contributed by atoms with Gasteiger partial charge in [-0.15, -0.1) is 0 Å². The Labute approximate surface area is 216 Å². The number of urea groups is 1. The van der Waals surface area contributed by atoms with Crippen LogP contribution in [0.25, 0.3) is 0 Å². The van der Waals surface area contributed by atoms with Crippen molar-refractivity contribution in [1.82, 2.24) is 20.0 Å². The van der Waals surface area contributed by atoms with Crippen molar-refractivity contribution in [2.24, 2.45) is 5.92 Å². The number of nitrogens with zero attached hydrogens (tertiary/aromatic N) is 3. The van der Waals surface area contributed by atoms with Crippen molar-refractivity contribution in [2.45, 2.75) is 87.3 Å². The highest BCUT2D eigenvalue weighted by Crippen LogP contribution is 2.49. The van der Waals surface area contributed by atoms with Gasteiger partial charge in [0.1, 0.15) is 6.54 Å². The van der Waals surface area contributed by atoms with Gasteiger partial charge < -0.3 is 20.2 Å². The van der Waals surface area contributed by atoms with Gasteiger partial charge in [-0.1, -0.05) is 49.6 Å². The van der Waals surface area contributed by atoms with Gasteiger partial charge in [0.2, 0.25) is 5.91 Å². The fourth-order valence-electron chi connectivity index (χ4n) is 7.21. The van der Waals surface area contributed by atoms with E-state index in [1.807, 2.05) is 0 Å². The van der Waals surface area contributed by atoms with E-state index in [4.69, 9.17) is 0 Å². The maximum Gasteiger partial charge on any atom is 0.321 e. The fourth-order valence-corrected chi connectivity index (χ4v) is 7.21. The van der Waals surface area contributed by atoms with Crippen LogP contribution in [0.5, 0.6) is 0 Å². The van der Waals surface area contributed by atoms with E-state index in [0.29, 0.717) is 12.5 Å². The van der Waals surface area contributed by atoms with Gasteiger partial charge in [-0.2, -0.15) is 0 Å².